The maximum Gasteiger partial charge on any atom is 0.141 e. The lowest BCUT2D eigenvalue weighted by Gasteiger charge is -2.07. The van der Waals surface area contributed by atoms with Gasteiger partial charge in [0.1, 0.15) is 5.76 Å². The van der Waals surface area contributed by atoms with Gasteiger partial charge in [-0.05, 0) is 37.1 Å². The minimum atomic E-state index is 0.703. The number of anilines is 1. The van der Waals surface area contributed by atoms with Crippen molar-refractivity contribution in [1.29, 1.82) is 0 Å². The van der Waals surface area contributed by atoms with E-state index in [1.165, 1.54) is 5.56 Å². The van der Waals surface area contributed by atoms with Gasteiger partial charge < -0.3 is 10.3 Å². The monoisotopic (exact) mass is 318 g/mol. The van der Waals surface area contributed by atoms with Gasteiger partial charge in [-0.1, -0.05) is 35.5 Å². The van der Waals surface area contributed by atoms with E-state index in [1.807, 2.05) is 49.0 Å². The minimum absolute atomic E-state index is 0.703. The third kappa shape index (κ3) is 2.34. The highest BCUT2D eigenvalue weighted by molar-refractivity contribution is 5.95. The summed E-state index contributed by atoms with van der Waals surface area (Å²) in [4.78, 5) is 0. The molecule has 0 aliphatic heterocycles. The minimum Gasteiger partial charge on any atom is -0.398 e. The van der Waals surface area contributed by atoms with Crippen LogP contribution in [0.15, 0.2) is 53.2 Å². The van der Waals surface area contributed by atoms with Gasteiger partial charge in [-0.3, -0.25) is 4.68 Å². The lowest BCUT2D eigenvalue weighted by Crippen LogP contribution is -2.01. The highest BCUT2D eigenvalue weighted by atomic mass is 16.5. The molecule has 5 heteroatoms. The Balaban J connectivity index is 1.86. The molecule has 4 rings (SSSR count). The second-order valence-corrected chi connectivity index (χ2v) is 5.99. The van der Waals surface area contributed by atoms with Gasteiger partial charge in [0.05, 0.1) is 24.0 Å². The summed E-state index contributed by atoms with van der Waals surface area (Å²) in [6.07, 6.45) is 1.82. The van der Waals surface area contributed by atoms with E-state index in [9.17, 15) is 0 Å². The molecule has 0 spiro atoms. The van der Waals surface area contributed by atoms with Crippen LogP contribution in [0.5, 0.6) is 0 Å². The Morgan fingerprint density at radius 3 is 2.62 bits per heavy atom. The Kier molecular flexibility index (Phi) is 3.34. The van der Waals surface area contributed by atoms with E-state index in [-0.39, 0.29) is 0 Å². The fraction of sp³-hybridized carbons (Fsp3) is 0.158. The number of hydrogen-bond acceptors (Lipinski definition) is 4. The summed E-state index contributed by atoms with van der Waals surface area (Å²) >= 11 is 0. The number of nitrogen functional groups attached to an aromatic ring is 1. The van der Waals surface area contributed by atoms with Gasteiger partial charge in [0.2, 0.25) is 0 Å². The molecule has 2 aromatic heterocycles. The fourth-order valence-corrected chi connectivity index (χ4v) is 3.13. The number of rotatable bonds is 3. The van der Waals surface area contributed by atoms with Crippen LogP contribution >= 0.6 is 0 Å². The van der Waals surface area contributed by atoms with E-state index < -0.39 is 0 Å². The predicted molar refractivity (Wildman–Crippen MR) is 94.7 cm³/mol. The Bertz CT molecular complexity index is 995. The van der Waals surface area contributed by atoms with Gasteiger partial charge in [0.25, 0.3) is 0 Å². The molecule has 0 saturated carbocycles. The summed E-state index contributed by atoms with van der Waals surface area (Å²) < 4.78 is 7.27. The maximum atomic E-state index is 6.27. The molecule has 0 radical (unpaired) electrons. The second-order valence-electron chi connectivity index (χ2n) is 5.99. The number of hydrogen-bond donors (Lipinski definition) is 1. The maximum absolute atomic E-state index is 6.27. The van der Waals surface area contributed by atoms with E-state index in [2.05, 4.69) is 28.5 Å². The number of nitrogens with zero attached hydrogens (tertiary/aromatic N) is 3. The summed E-state index contributed by atoms with van der Waals surface area (Å²) in [6.45, 7) is 4.55. The van der Waals surface area contributed by atoms with Crippen LogP contribution in [-0.4, -0.2) is 14.9 Å². The van der Waals surface area contributed by atoms with Crippen molar-refractivity contribution in [2.45, 2.75) is 20.4 Å². The summed E-state index contributed by atoms with van der Waals surface area (Å²) in [5.41, 5.74) is 12.0. The number of benzene rings is 2. The Morgan fingerprint density at radius 2 is 1.92 bits per heavy atom. The molecule has 0 aliphatic rings. The van der Waals surface area contributed by atoms with Crippen LogP contribution in [0.2, 0.25) is 0 Å². The van der Waals surface area contributed by atoms with Crippen LogP contribution in [-0.2, 0) is 6.54 Å². The molecule has 0 bridgehead atoms. The van der Waals surface area contributed by atoms with Crippen molar-refractivity contribution in [3.63, 3.8) is 0 Å². The highest BCUT2D eigenvalue weighted by Gasteiger charge is 2.15. The summed E-state index contributed by atoms with van der Waals surface area (Å²) in [5.74, 6) is 0.792. The van der Waals surface area contributed by atoms with Gasteiger partial charge in [0.15, 0.2) is 0 Å². The molecule has 0 fully saturated rings. The first-order valence-electron chi connectivity index (χ1n) is 7.85. The molecule has 4 aromatic rings. The Labute approximate surface area is 139 Å². The third-order valence-corrected chi connectivity index (χ3v) is 4.29. The second kappa shape index (κ2) is 5.53. The van der Waals surface area contributed by atoms with E-state index in [4.69, 9.17) is 10.3 Å². The van der Waals surface area contributed by atoms with Crippen molar-refractivity contribution in [1.82, 2.24) is 14.9 Å². The van der Waals surface area contributed by atoms with Crippen LogP contribution in [0.25, 0.3) is 22.0 Å². The van der Waals surface area contributed by atoms with Gasteiger partial charge in [-0.25, -0.2) is 0 Å². The van der Waals surface area contributed by atoms with Gasteiger partial charge in [0, 0.05) is 16.6 Å². The first-order chi connectivity index (χ1) is 11.6. The quantitative estimate of drug-likeness (QED) is 0.581. The lowest BCUT2D eigenvalue weighted by atomic mass is 10.0. The lowest BCUT2D eigenvalue weighted by molar-refractivity contribution is 0.393. The van der Waals surface area contributed by atoms with Crippen LogP contribution in [0, 0.1) is 13.8 Å². The summed E-state index contributed by atoms with van der Waals surface area (Å²) in [7, 11) is 0. The average molecular weight is 318 g/mol. The smallest absolute Gasteiger partial charge is 0.141 e. The third-order valence-electron chi connectivity index (χ3n) is 4.29. The van der Waals surface area contributed by atoms with Crippen molar-refractivity contribution >= 4 is 16.6 Å². The molecular formula is C19H18N4O. The zero-order valence-electron chi connectivity index (χ0n) is 13.7. The molecule has 5 nitrogen and oxygen atoms in total. The first kappa shape index (κ1) is 14.5. The number of aryl methyl sites for hydroxylation is 2. The van der Waals surface area contributed by atoms with E-state index in [0.29, 0.717) is 12.2 Å². The largest absolute Gasteiger partial charge is 0.398 e. The van der Waals surface area contributed by atoms with Crippen LogP contribution in [0.1, 0.15) is 17.0 Å². The van der Waals surface area contributed by atoms with E-state index >= 15 is 0 Å². The number of aromatic nitrogens is 3. The highest BCUT2D eigenvalue weighted by Crippen LogP contribution is 2.33. The topological polar surface area (TPSA) is 69.9 Å². The standard InChI is InChI=1S/C19H18N4O/c1-12-19(13(2)24-22-12)15-8-17(20)16-10-21-23(18(16)9-15)11-14-6-4-3-5-7-14/h3-10H,11,20H2,1-2H3. The molecule has 0 amide bonds. The van der Waals surface area contributed by atoms with Crippen molar-refractivity contribution in [3.8, 4) is 11.1 Å². The van der Waals surface area contributed by atoms with Crippen molar-refractivity contribution in [3.05, 3.63) is 65.7 Å². The van der Waals surface area contributed by atoms with Crippen LogP contribution in [0.4, 0.5) is 5.69 Å². The van der Waals surface area contributed by atoms with Crippen molar-refractivity contribution in [2.75, 3.05) is 5.73 Å². The molecule has 2 aromatic carbocycles. The van der Waals surface area contributed by atoms with Gasteiger partial charge >= 0.3 is 0 Å². The normalized spacial score (nSPS) is 11.2. The number of fused-ring (bicyclic) bond motifs is 1. The zero-order valence-corrected chi connectivity index (χ0v) is 13.7. The summed E-state index contributed by atoms with van der Waals surface area (Å²) in [6, 6.07) is 14.3. The van der Waals surface area contributed by atoms with E-state index in [0.717, 1.165) is 33.5 Å². The summed E-state index contributed by atoms with van der Waals surface area (Å²) in [5, 5.41) is 9.52. The molecule has 0 unspecified atom stereocenters. The molecule has 2 N–H and O–H groups in total. The molecule has 0 atom stereocenters. The molecule has 24 heavy (non-hydrogen) atoms. The molecule has 2 heterocycles. The molecule has 0 saturated heterocycles. The Hall–Kier alpha value is -3.08. The van der Waals surface area contributed by atoms with Gasteiger partial charge in [-0.15, -0.1) is 0 Å². The molecular weight excluding hydrogens is 300 g/mol. The Morgan fingerprint density at radius 1 is 1.12 bits per heavy atom. The number of nitrogens with two attached hydrogens (primary N) is 1. The first-order valence-corrected chi connectivity index (χ1v) is 7.85. The van der Waals surface area contributed by atoms with Crippen LogP contribution < -0.4 is 5.73 Å². The van der Waals surface area contributed by atoms with Crippen molar-refractivity contribution < 1.29 is 4.52 Å². The van der Waals surface area contributed by atoms with E-state index in [1.54, 1.807) is 0 Å². The fourth-order valence-electron chi connectivity index (χ4n) is 3.13. The van der Waals surface area contributed by atoms with Crippen LogP contribution in [0.3, 0.4) is 0 Å². The zero-order chi connectivity index (χ0) is 16.7. The molecule has 0 aliphatic carbocycles. The SMILES string of the molecule is Cc1noc(C)c1-c1cc(N)c2cnn(Cc3ccccc3)c2c1. The van der Waals surface area contributed by atoms with Crippen molar-refractivity contribution in [2.24, 2.45) is 0 Å². The predicted octanol–water partition coefficient (Wildman–Crippen LogP) is 3.94. The molecule has 120 valence electrons. The van der Waals surface area contributed by atoms with Gasteiger partial charge in [-0.2, -0.15) is 5.10 Å². The average Bonchev–Trinajstić information content (AvgIpc) is 3.12.